The fourth-order valence-corrected chi connectivity index (χ4v) is 2.22. The quantitative estimate of drug-likeness (QED) is 0.710. The standard InChI is InChI=1S/C14H19N/c1-11(2)10-15-9-8-13-6-4-5-7-14(13)12(15)3/h4-7,11H,3,8-10H2,1-2H3. The van der Waals surface area contributed by atoms with Crippen LogP contribution in [-0.2, 0) is 6.42 Å². The lowest BCUT2D eigenvalue weighted by Gasteiger charge is -2.33. The van der Waals surface area contributed by atoms with E-state index in [9.17, 15) is 0 Å². The van der Waals surface area contributed by atoms with Crippen LogP contribution in [0.15, 0.2) is 30.8 Å². The first-order valence-electron chi connectivity index (χ1n) is 5.70. The van der Waals surface area contributed by atoms with Gasteiger partial charge in [0.25, 0.3) is 0 Å². The minimum absolute atomic E-state index is 0.701. The summed E-state index contributed by atoms with van der Waals surface area (Å²) < 4.78 is 0. The van der Waals surface area contributed by atoms with Crippen LogP contribution in [0.25, 0.3) is 5.70 Å². The average molecular weight is 201 g/mol. The number of rotatable bonds is 2. The molecule has 0 radical (unpaired) electrons. The van der Waals surface area contributed by atoms with Gasteiger partial charge in [0.1, 0.15) is 0 Å². The summed E-state index contributed by atoms with van der Waals surface area (Å²) in [5.74, 6) is 0.701. The molecular weight excluding hydrogens is 182 g/mol. The van der Waals surface area contributed by atoms with Crippen molar-refractivity contribution in [1.82, 2.24) is 4.90 Å². The van der Waals surface area contributed by atoms with Crippen LogP contribution in [-0.4, -0.2) is 18.0 Å². The maximum Gasteiger partial charge on any atom is 0.0369 e. The molecule has 1 heterocycles. The predicted octanol–water partition coefficient (Wildman–Crippen LogP) is 3.17. The predicted molar refractivity (Wildman–Crippen MR) is 65.6 cm³/mol. The summed E-state index contributed by atoms with van der Waals surface area (Å²) in [5, 5.41) is 0. The lowest BCUT2D eigenvalue weighted by molar-refractivity contribution is 0.344. The molecule has 0 saturated heterocycles. The van der Waals surface area contributed by atoms with E-state index in [1.165, 1.54) is 16.8 Å². The maximum absolute atomic E-state index is 4.22. The molecule has 80 valence electrons. The second kappa shape index (κ2) is 4.09. The molecule has 0 unspecified atom stereocenters. The van der Waals surface area contributed by atoms with Gasteiger partial charge in [0, 0.05) is 24.4 Å². The number of benzene rings is 1. The molecule has 1 aliphatic heterocycles. The SMILES string of the molecule is C=C1c2ccccc2CCN1CC(C)C. The molecule has 1 nitrogen and oxygen atoms in total. The summed E-state index contributed by atoms with van der Waals surface area (Å²) in [7, 11) is 0. The third-order valence-corrected chi connectivity index (χ3v) is 2.95. The van der Waals surface area contributed by atoms with Crippen molar-refractivity contribution >= 4 is 5.70 Å². The zero-order chi connectivity index (χ0) is 10.8. The van der Waals surface area contributed by atoms with Crippen molar-refractivity contribution in [2.45, 2.75) is 20.3 Å². The highest BCUT2D eigenvalue weighted by atomic mass is 15.1. The Kier molecular flexibility index (Phi) is 2.81. The smallest absolute Gasteiger partial charge is 0.0369 e. The molecule has 0 aliphatic carbocycles. The van der Waals surface area contributed by atoms with Crippen molar-refractivity contribution in [1.29, 1.82) is 0 Å². The van der Waals surface area contributed by atoms with Crippen molar-refractivity contribution in [3.8, 4) is 0 Å². The van der Waals surface area contributed by atoms with E-state index in [1.807, 2.05) is 0 Å². The van der Waals surface area contributed by atoms with Crippen molar-refractivity contribution in [2.75, 3.05) is 13.1 Å². The van der Waals surface area contributed by atoms with Crippen molar-refractivity contribution in [3.63, 3.8) is 0 Å². The van der Waals surface area contributed by atoms with Crippen LogP contribution in [0.2, 0.25) is 0 Å². The minimum Gasteiger partial charge on any atom is -0.371 e. The van der Waals surface area contributed by atoms with Gasteiger partial charge in [-0.25, -0.2) is 0 Å². The fourth-order valence-electron chi connectivity index (χ4n) is 2.22. The van der Waals surface area contributed by atoms with Gasteiger partial charge in [0.05, 0.1) is 0 Å². The zero-order valence-electron chi connectivity index (χ0n) is 9.66. The second-order valence-corrected chi connectivity index (χ2v) is 4.69. The Hall–Kier alpha value is -1.24. The molecule has 15 heavy (non-hydrogen) atoms. The zero-order valence-corrected chi connectivity index (χ0v) is 9.66. The molecule has 0 saturated carbocycles. The maximum atomic E-state index is 4.22. The molecule has 2 rings (SSSR count). The van der Waals surface area contributed by atoms with E-state index in [2.05, 4.69) is 49.6 Å². The normalized spacial score (nSPS) is 15.7. The van der Waals surface area contributed by atoms with Crippen LogP contribution in [0, 0.1) is 5.92 Å². The molecule has 0 N–H and O–H groups in total. The third kappa shape index (κ3) is 2.06. The van der Waals surface area contributed by atoms with Crippen molar-refractivity contribution < 1.29 is 0 Å². The summed E-state index contributed by atoms with van der Waals surface area (Å²) in [4.78, 5) is 2.41. The third-order valence-electron chi connectivity index (χ3n) is 2.95. The Morgan fingerprint density at radius 3 is 2.80 bits per heavy atom. The first kappa shape index (κ1) is 10.3. The van der Waals surface area contributed by atoms with Gasteiger partial charge in [-0.1, -0.05) is 44.7 Å². The lowest BCUT2D eigenvalue weighted by Crippen LogP contribution is -2.31. The Morgan fingerprint density at radius 1 is 1.33 bits per heavy atom. The summed E-state index contributed by atoms with van der Waals surface area (Å²) in [6, 6.07) is 8.62. The van der Waals surface area contributed by atoms with E-state index in [-0.39, 0.29) is 0 Å². The Balaban J connectivity index is 2.22. The largest absolute Gasteiger partial charge is 0.371 e. The molecule has 0 atom stereocenters. The highest BCUT2D eigenvalue weighted by Gasteiger charge is 2.18. The first-order valence-corrected chi connectivity index (χ1v) is 5.70. The fraction of sp³-hybridized carbons (Fsp3) is 0.429. The van der Waals surface area contributed by atoms with Crippen LogP contribution < -0.4 is 0 Å². The molecule has 1 aliphatic rings. The lowest BCUT2D eigenvalue weighted by atomic mass is 9.96. The summed E-state index contributed by atoms with van der Waals surface area (Å²) in [5.41, 5.74) is 3.98. The van der Waals surface area contributed by atoms with E-state index in [1.54, 1.807) is 0 Å². The average Bonchev–Trinajstić information content (AvgIpc) is 2.22. The van der Waals surface area contributed by atoms with E-state index < -0.39 is 0 Å². The van der Waals surface area contributed by atoms with Crippen molar-refractivity contribution in [3.05, 3.63) is 42.0 Å². The molecule has 0 amide bonds. The van der Waals surface area contributed by atoms with Gasteiger partial charge in [-0.15, -0.1) is 0 Å². The van der Waals surface area contributed by atoms with Crippen molar-refractivity contribution in [2.24, 2.45) is 5.92 Å². The molecular formula is C14H19N. The van der Waals surface area contributed by atoms with Gasteiger partial charge in [-0.2, -0.15) is 0 Å². The van der Waals surface area contributed by atoms with Gasteiger partial charge in [0.15, 0.2) is 0 Å². The molecule has 1 heteroatoms. The number of fused-ring (bicyclic) bond motifs is 1. The van der Waals surface area contributed by atoms with Gasteiger partial charge in [-0.05, 0) is 17.9 Å². The van der Waals surface area contributed by atoms with E-state index in [4.69, 9.17) is 0 Å². The van der Waals surface area contributed by atoms with Crippen LogP contribution >= 0.6 is 0 Å². The monoisotopic (exact) mass is 201 g/mol. The van der Waals surface area contributed by atoms with Crippen LogP contribution in [0.3, 0.4) is 0 Å². The molecule has 0 bridgehead atoms. The molecule has 0 spiro atoms. The first-order chi connectivity index (χ1) is 7.18. The number of hydrogen-bond donors (Lipinski definition) is 0. The highest BCUT2D eigenvalue weighted by molar-refractivity contribution is 5.66. The Bertz CT molecular complexity index is 365. The van der Waals surface area contributed by atoms with Crippen LogP contribution in [0.5, 0.6) is 0 Å². The Labute approximate surface area is 92.4 Å². The van der Waals surface area contributed by atoms with E-state index >= 15 is 0 Å². The second-order valence-electron chi connectivity index (χ2n) is 4.69. The van der Waals surface area contributed by atoms with Gasteiger partial charge in [-0.3, -0.25) is 0 Å². The number of hydrogen-bond acceptors (Lipinski definition) is 1. The van der Waals surface area contributed by atoms with E-state index in [0.29, 0.717) is 5.92 Å². The Morgan fingerprint density at radius 2 is 2.07 bits per heavy atom. The number of nitrogens with zero attached hydrogens (tertiary/aromatic N) is 1. The summed E-state index contributed by atoms with van der Waals surface area (Å²) in [6.07, 6.45) is 1.15. The molecule has 1 aromatic carbocycles. The summed E-state index contributed by atoms with van der Waals surface area (Å²) >= 11 is 0. The topological polar surface area (TPSA) is 3.24 Å². The highest BCUT2D eigenvalue weighted by Crippen LogP contribution is 2.27. The minimum atomic E-state index is 0.701. The van der Waals surface area contributed by atoms with Gasteiger partial charge in [0.2, 0.25) is 0 Å². The van der Waals surface area contributed by atoms with Crippen LogP contribution in [0.4, 0.5) is 0 Å². The van der Waals surface area contributed by atoms with E-state index in [0.717, 1.165) is 19.5 Å². The summed E-state index contributed by atoms with van der Waals surface area (Å²) in [6.45, 7) is 11.0. The van der Waals surface area contributed by atoms with Gasteiger partial charge < -0.3 is 4.90 Å². The van der Waals surface area contributed by atoms with Crippen LogP contribution in [0.1, 0.15) is 25.0 Å². The molecule has 1 aromatic rings. The molecule has 0 fully saturated rings. The van der Waals surface area contributed by atoms with Gasteiger partial charge >= 0.3 is 0 Å². The molecule has 0 aromatic heterocycles.